The van der Waals surface area contributed by atoms with Crippen LogP contribution in [0.25, 0.3) is 5.69 Å². The number of benzene rings is 1. The van der Waals surface area contributed by atoms with Crippen LogP contribution in [0.5, 0.6) is 5.75 Å². The van der Waals surface area contributed by atoms with Crippen molar-refractivity contribution in [1.82, 2.24) is 4.57 Å². The van der Waals surface area contributed by atoms with E-state index in [1.54, 1.807) is 30.5 Å². The third-order valence-electron chi connectivity index (χ3n) is 2.91. The fourth-order valence-electron chi connectivity index (χ4n) is 2.12. The molecule has 0 atom stereocenters. The molecule has 106 valence electrons. The maximum atomic E-state index is 12.2. The van der Waals surface area contributed by atoms with Crippen molar-refractivity contribution in [2.24, 2.45) is 0 Å². The number of aryl methyl sites for hydroxylation is 1. The lowest BCUT2D eigenvalue weighted by atomic mass is 10.2. The lowest BCUT2D eigenvalue weighted by Gasteiger charge is -2.13. The molecule has 0 fully saturated rings. The molecule has 6 heteroatoms. The molecule has 1 aromatic heterocycles. The molecule has 0 aliphatic rings. The van der Waals surface area contributed by atoms with Gasteiger partial charge in [-0.1, -0.05) is 6.07 Å². The van der Waals surface area contributed by atoms with E-state index >= 15 is 0 Å². The smallest absolute Gasteiger partial charge is 0.406 e. The second kappa shape index (κ2) is 5.03. The summed E-state index contributed by atoms with van der Waals surface area (Å²) in [5.74, 6) is -0.296. The van der Waals surface area contributed by atoms with Gasteiger partial charge in [-0.3, -0.25) is 4.79 Å². The maximum Gasteiger partial charge on any atom is 0.573 e. The Morgan fingerprint density at radius 2 is 1.90 bits per heavy atom. The van der Waals surface area contributed by atoms with Gasteiger partial charge in [-0.2, -0.15) is 0 Å². The van der Waals surface area contributed by atoms with Gasteiger partial charge in [0.15, 0.2) is 6.29 Å². The quantitative estimate of drug-likeness (QED) is 0.802. The van der Waals surface area contributed by atoms with Gasteiger partial charge in [-0.15, -0.1) is 13.2 Å². The monoisotopic (exact) mass is 283 g/mol. The largest absolute Gasteiger partial charge is 0.573 e. The van der Waals surface area contributed by atoms with Gasteiger partial charge < -0.3 is 9.30 Å². The van der Waals surface area contributed by atoms with Crippen molar-refractivity contribution in [2.45, 2.75) is 20.2 Å². The third-order valence-corrected chi connectivity index (χ3v) is 2.91. The molecule has 2 rings (SSSR count). The van der Waals surface area contributed by atoms with Crippen LogP contribution in [0.15, 0.2) is 30.3 Å². The van der Waals surface area contributed by atoms with Crippen LogP contribution in [-0.2, 0) is 0 Å². The van der Waals surface area contributed by atoms with Gasteiger partial charge in [0.1, 0.15) is 5.75 Å². The summed E-state index contributed by atoms with van der Waals surface area (Å²) in [6.45, 7) is 3.51. The summed E-state index contributed by atoms with van der Waals surface area (Å²) in [6, 6.07) is 7.31. The summed E-state index contributed by atoms with van der Waals surface area (Å²) < 4.78 is 42.2. The minimum Gasteiger partial charge on any atom is -0.406 e. The molecule has 0 aliphatic heterocycles. The summed E-state index contributed by atoms with van der Waals surface area (Å²) >= 11 is 0. The minimum absolute atomic E-state index is 0.296. The van der Waals surface area contributed by atoms with E-state index in [0.29, 0.717) is 16.9 Å². The number of nitrogens with zero attached hydrogens (tertiary/aromatic N) is 1. The van der Waals surface area contributed by atoms with E-state index in [0.717, 1.165) is 12.0 Å². The van der Waals surface area contributed by atoms with Crippen LogP contribution >= 0.6 is 0 Å². The standard InChI is InChI=1S/C14H12F3NO2/c1-9-6-11(8-19)10(2)18(9)12-4-3-5-13(7-12)20-14(15,16)17/h3-8H,1-2H3. The van der Waals surface area contributed by atoms with E-state index in [4.69, 9.17) is 0 Å². The van der Waals surface area contributed by atoms with E-state index in [1.165, 1.54) is 18.2 Å². The topological polar surface area (TPSA) is 31.2 Å². The molecule has 1 heterocycles. The van der Waals surface area contributed by atoms with Crippen molar-refractivity contribution in [3.63, 3.8) is 0 Å². The molecule has 0 bridgehead atoms. The van der Waals surface area contributed by atoms with E-state index in [-0.39, 0.29) is 5.75 Å². The van der Waals surface area contributed by atoms with Crippen LogP contribution in [0.2, 0.25) is 0 Å². The molecule has 20 heavy (non-hydrogen) atoms. The molecular formula is C14H12F3NO2. The summed E-state index contributed by atoms with van der Waals surface area (Å²) in [5, 5.41) is 0. The molecule has 0 unspecified atom stereocenters. The number of carbonyl (C=O) groups excluding carboxylic acids is 1. The number of aromatic nitrogens is 1. The first kappa shape index (κ1) is 14.2. The molecule has 0 amide bonds. The Kier molecular flexibility index (Phi) is 3.57. The Balaban J connectivity index is 2.46. The summed E-state index contributed by atoms with van der Waals surface area (Å²) in [4.78, 5) is 10.9. The predicted molar refractivity (Wildman–Crippen MR) is 67.3 cm³/mol. The van der Waals surface area contributed by atoms with E-state index in [2.05, 4.69) is 4.74 Å². The molecule has 0 saturated carbocycles. The van der Waals surface area contributed by atoms with Gasteiger partial charge >= 0.3 is 6.36 Å². The molecule has 3 nitrogen and oxygen atoms in total. The lowest BCUT2D eigenvalue weighted by Crippen LogP contribution is -2.17. The van der Waals surface area contributed by atoms with Crippen molar-refractivity contribution in [1.29, 1.82) is 0 Å². The van der Waals surface area contributed by atoms with Gasteiger partial charge in [0.25, 0.3) is 0 Å². The lowest BCUT2D eigenvalue weighted by molar-refractivity contribution is -0.274. The number of rotatable bonds is 3. The first-order chi connectivity index (χ1) is 9.31. The SMILES string of the molecule is Cc1cc(C=O)c(C)n1-c1cccc(OC(F)(F)F)c1. The molecule has 0 saturated heterocycles. The number of ether oxygens (including phenoxy) is 1. The zero-order valence-corrected chi connectivity index (χ0v) is 10.9. The van der Waals surface area contributed by atoms with Gasteiger partial charge in [0, 0.05) is 28.7 Å². The normalized spacial score (nSPS) is 11.4. The second-order valence-corrected chi connectivity index (χ2v) is 4.32. The Labute approximate surface area is 113 Å². The van der Waals surface area contributed by atoms with Crippen molar-refractivity contribution in [3.05, 3.63) is 47.3 Å². The molecule has 0 aliphatic carbocycles. The number of carbonyl (C=O) groups is 1. The fourth-order valence-corrected chi connectivity index (χ4v) is 2.12. The Morgan fingerprint density at radius 1 is 1.20 bits per heavy atom. The zero-order valence-electron chi connectivity index (χ0n) is 10.9. The average molecular weight is 283 g/mol. The van der Waals surface area contributed by atoms with Crippen LogP contribution in [0.3, 0.4) is 0 Å². The molecule has 0 spiro atoms. The van der Waals surface area contributed by atoms with Gasteiger partial charge in [-0.25, -0.2) is 0 Å². The zero-order chi connectivity index (χ0) is 14.9. The van der Waals surface area contributed by atoms with E-state index < -0.39 is 6.36 Å². The van der Waals surface area contributed by atoms with Crippen LogP contribution in [-0.4, -0.2) is 17.2 Å². The first-order valence-corrected chi connectivity index (χ1v) is 5.82. The van der Waals surface area contributed by atoms with Crippen molar-refractivity contribution in [2.75, 3.05) is 0 Å². The minimum atomic E-state index is -4.73. The number of alkyl halides is 3. The third kappa shape index (κ3) is 2.84. The predicted octanol–water partition coefficient (Wildman–Crippen LogP) is 3.81. The molecule has 2 aromatic rings. The highest BCUT2D eigenvalue weighted by Gasteiger charge is 2.31. The van der Waals surface area contributed by atoms with Crippen LogP contribution < -0.4 is 4.74 Å². The van der Waals surface area contributed by atoms with Crippen molar-refractivity contribution in [3.8, 4) is 11.4 Å². The molecular weight excluding hydrogens is 271 g/mol. The van der Waals surface area contributed by atoms with Crippen LogP contribution in [0.1, 0.15) is 21.7 Å². The highest BCUT2D eigenvalue weighted by atomic mass is 19.4. The number of hydrogen-bond acceptors (Lipinski definition) is 2. The molecule has 0 radical (unpaired) electrons. The molecule has 1 aromatic carbocycles. The number of halogens is 3. The average Bonchev–Trinajstić information content (AvgIpc) is 2.62. The summed E-state index contributed by atoms with van der Waals surface area (Å²) in [5.41, 5.74) is 2.44. The number of aldehydes is 1. The van der Waals surface area contributed by atoms with E-state index in [9.17, 15) is 18.0 Å². The Bertz CT molecular complexity index is 644. The summed E-state index contributed by atoms with van der Waals surface area (Å²) in [6.07, 6.45) is -4.01. The first-order valence-electron chi connectivity index (χ1n) is 5.82. The Morgan fingerprint density at radius 3 is 2.45 bits per heavy atom. The highest BCUT2D eigenvalue weighted by molar-refractivity contribution is 5.77. The Hall–Kier alpha value is -2.24. The fraction of sp³-hybridized carbons (Fsp3) is 0.214. The highest BCUT2D eigenvalue weighted by Crippen LogP contribution is 2.26. The van der Waals surface area contributed by atoms with Gasteiger partial charge in [-0.05, 0) is 32.0 Å². The van der Waals surface area contributed by atoms with E-state index in [1.807, 2.05) is 0 Å². The molecule has 0 N–H and O–H groups in total. The van der Waals surface area contributed by atoms with Gasteiger partial charge in [0.05, 0.1) is 0 Å². The van der Waals surface area contributed by atoms with Crippen LogP contribution in [0, 0.1) is 13.8 Å². The van der Waals surface area contributed by atoms with Crippen molar-refractivity contribution < 1.29 is 22.7 Å². The second-order valence-electron chi connectivity index (χ2n) is 4.32. The van der Waals surface area contributed by atoms with Gasteiger partial charge in [0.2, 0.25) is 0 Å². The maximum absolute atomic E-state index is 12.2. The van der Waals surface area contributed by atoms with Crippen molar-refractivity contribution >= 4 is 6.29 Å². The summed E-state index contributed by atoms with van der Waals surface area (Å²) in [7, 11) is 0. The number of hydrogen-bond donors (Lipinski definition) is 0. The van der Waals surface area contributed by atoms with Crippen LogP contribution in [0.4, 0.5) is 13.2 Å².